The van der Waals surface area contributed by atoms with Crippen molar-refractivity contribution in [3.63, 3.8) is 0 Å². The Hall–Kier alpha value is -0.580. The summed E-state index contributed by atoms with van der Waals surface area (Å²) >= 11 is 1.78. The van der Waals surface area contributed by atoms with E-state index in [0.29, 0.717) is 13.1 Å². The topological polar surface area (TPSA) is 64.9 Å². The first-order chi connectivity index (χ1) is 6.30. The summed E-state index contributed by atoms with van der Waals surface area (Å²) in [6.07, 6.45) is 0. The van der Waals surface area contributed by atoms with Gasteiger partial charge in [-0.1, -0.05) is 6.92 Å². The van der Waals surface area contributed by atoms with Gasteiger partial charge in [0.05, 0.1) is 11.4 Å². The van der Waals surface area contributed by atoms with Gasteiger partial charge in [0.1, 0.15) is 0 Å². The van der Waals surface area contributed by atoms with Gasteiger partial charge in [0.15, 0.2) is 0 Å². The van der Waals surface area contributed by atoms with Gasteiger partial charge in [-0.15, -0.1) is 11.8 Å². The van der Waals surface area contributed by atoms with Crippen molar-refractivity contribution in [3.05, 3.63) is 23.5 Å². The van der Waals surface area contributed by atoms with Gasteiger partial charge >= 0.3 is 0 Å². The molecule has 4 N–H and O–H groups in total. The molecular formula is C9H15N3S. The van der Waals surface area contributed by atoms with E-state index in [4.69, 9.17) is 11.5 Å². The quantitative estimate of drug-likeness (QED) is 0.710. The zero-order valence-corrected chi connectivity index (χ0v) is 8.60. The van der Waals surface area contributed by atoms with Gasteiger partial charge in [0, 0.05) is 18.0 Å². The van der Waals surface area contributed by atoms with Gasteiger partial charge in [-0.25, -0.2) is 0 Å². The molecule has 0 fully saturated rings. The maximum atomic E-state index is 5.53. The van der Waals surface area contributed by atoms with E-state index in [2.05, 4.69) is 11.9 Å². The number of nitrogens with two attached hydrogens (primary N) is 2. The minimum atomic E-state index is 0.477. The summed E-state index contributed by atoms with van der Waals surface area (Å²) in [6.45, 7) is 3.07. The monoisotopic (exact) mass is 197 g/mol. The Kier molecular flexibility index (Phi) is 4.21. The Bertz CT molecular complexity index is 253. The van der Waals surface area contributed by atoms with E-state index in [1.807, 2.05) is 12.1 Å². The molecule has 1 aromatic heterocycles. The number of hydrogen-bond donors (Lipinski definition) is 2. The predicted molar refractivity (Wildman–Crippen MR) is 56.4 cm³/mol. The first kappa shape index (κ1) is 10.5. The number of nitrogens with zero attached hydrogens (tertiary/aromatic N) is 1. The second-order valence-corrected chi connectivity index (χ2v) is 3.96. The molecule has 4 heteroatoms. The van der Waals surface area contributed by atoms with Gasteiger partial charge < -0.3 is 11.5 Å². The van der Waals surface area contributed by atoms with E-state index >= 15 is 0 Å². The van der Waals surface area contributed by atoms with Crippen LogP contribution >= 0.6 is 11.8 Å². The largest absolute Gasteiger partial charge is 0.325 e. The molecule has 0 saturated carbocycles. The van der Waals surface area contributed by atoms with Gasteiger partial charge in [-0.3, -0.25) is 4.98 Å². The molecule has 0 unspecified atom stereocenters. The third-order valence-corrected chi connectivity index (χ3v) is 2.49. The first-order valence-electron chi connectivity index (χ1n) is 4.33. The third-order valence-electron chi connectivity index (χ3n) is 1.63. The second-order valence-electron chi connectivity index (χ2n) is 2.63. The van der Waals surface area contributed by atoms with E-state index in [0.717, 1.165) is 17.1 Å². The van der Waals surface area contributed by atoms with E-state index in [1.54, 1.807) is 11.8 Å². The minimum Gasteiger partial charge on any atom is -0.325 e. The molecule has 1 heterocycles. The highest BCUT2D eigenvalue weighted by molar-refractivity contribution is 7.99. The molecule has 13 heavy (non-hydrogen) atoms. The number of rotatable bonds is 4. The van der Waals surface area contributed by atoms with Crippen LogP contribution in [0.15, 0.2) is 17.0 Å². The molecule has 0 aliphatic heterocycles. The average Bonchev–Trinajstić information content (AvgIpc) is 2.17. The molecular weight excluding hydrogens is 182 g/mol. The molecule has 0 amide bonds. The molecule has 0 saturated heterocycles. The zero-order valence-electron chi connectivity index (χ0n) is 7.79. The highest BCUT2D eigenvalue weighted by Gasteiger charge is 2.00. The van der Waals surface area contributed by atoms with Gasteiger partial charge in [-0.2, -0.15) is 0 Å². The SMILES string of the molecule is CCSc1cc(CN)nc(CN)c1. The van der Waals surface area contributed by atoms with Crippen LogP contribution in [0.3, 0.4) is 0 Å². The van der Waals surface area contributed by atoms with Gasteiger partial charge in [0.2, 0.25) is 0 Å². The maximum absolute atomic E-state index is 5.53. The van der Waals surface area contributed by atoms with Crippen molar-refractivity contribution in [1.82, 2.24) is 4.98 Å². The molecule has 3 nitrogen and oxygen atoms in total. The Morgan fingerprint density at radius 2 is 1.77 bits per heavy atom. The highest BCUT2D eigenvalue weighted by Crippen LogP contribution is 2.18. The van der Waals surface area contributed by atoms with Crippen molar-refractivity contribution in [2.75, 3.05) is 5.75 Å². The maximum Gasteiger partial charge on any atom is 0.0554 e. The van der Waals surface area contributed by atoms with Crippen molar-refractivity contribution < 1.29 is 0 Å². The van der Waals surface area contributed by atoms with Gasteiger partial charge in [-0.05, 0) is 17.9 Å². The molecule has 1 aromatic rings. The fourth-order valence-electron chi connectivity index (χ4n) is 1.08. The van der Waals surface area contributed by atoms with Crippen LogP contribution in [0.2, 0.25) is 0 Å². The van der Waals surface area contributed by atoms with Crippen LogP contribution in [-0.4, -0.2) is 10.7 Å². The lowest BCUT2D eigenvalue weighted by atomic mass is 10.3. The fourth-order valence-corrected chi connectivity index (χ4v) is 1.85. The molecule has 0 spiro atoms. The molecule has 0 aliphatic rings. The average molecular weight is 197 g/mol. The van der Waals surface area contributed by atoms with Crippen LogP contribution < -0.4 is 11.5 Å². The Morgan fingerprint density at radius 3 is 2.15 bits per heavy atom. The van der Waals surface area contributed by atoms with Crippen LogP contribution in [0, 0.1) is 0 Å². The molecule has 1 rings (SSSR count). The van der Waals surface area contributed by atoms with E-state index in [9.17, 15) is 0 Å². The molecule has 0 aromatic carbocycles. The summed E-state index contributed by atoms with van der Waals surface area (Å²) in [7, 11) is 0. The highest BCUT2D eigenvalue weighted by atomic mass is 32.2. The van der Waals surface area contributed by atoms with Crippen molar-refractivity contribution in [2.45, 2.75) is 24.9 Å². The normalized spacial score (nSPS) is 10.4. The van der Waals surface area contributed by atoms with E-state index in [-0.39, 0.29) is 0 Å². The zero-order chi connectivity index (χ0) is 9.68. The summed E-state index contributed by atoms with van der Waals surface area (Å²) < 4.78 is 0. The number of aromatic nitrogens is 1. The van der Waals surface area contributed by atoms with E-state index in [1.165, 1.54) is 4.90 Å². The molecule has 0 atom stereocenters. The lowest BCUT2D eigenvalue weighted by Gasteiger charge is -2.04. The molecule has 0 radical (unpaired) electrons. The lowest BCUT2D eigenvalue weighted by Crippen LogP contribution is -2.05. The standard InChI is InChI=1S/C9H15N3S/c1-2-13-9-3-7(5-10)12-8(4-9)6-11/h3-4H,2,5-6,10-11H2,1H3. The summed E-state index contributed by atoms with van der Waals surface area (Å²) in [6, 6.07) is 4.04. The van der Waals surface area contributed by atoms with Crippen molar-refractivity contribution in [3.8, 4) is 0 Å². The predicted octanol–water partition coefficient (Wildman–Crippen LogP) is 1.11. The molecule has 0 bridgehead atoms. The van der Waals surface area contributed by atoms with Crippen molar-refractivity contribution in [2.24, 2.45) is 11.5 Å². The Labute approximate surface area is 82.9 Å². The van der Waals surface area contributed by atoms with Crippen molar-refractivity contribution in [1.29, 1.82) is 0 Å². The summed E-state index contributed by atoms with van der Waals surface area (Å²) in [5, 5.41) is 0. The van der Waals surface area contributed by atoms with Gasteiger partial charge in [0.25, 0.3) is 0 Å². The van der Waals surface area contributed by atoms with Crippen LogP contribution in [0.4, 0.5) is 0 Å². The van der Waals surface area contributed by atoms with Crippen LogP contribution in [0.25, 0.3) is 0 Å². The minimum absolute atomic E-state index is 0.477. The lowest BCUT2D eigenvalue weighted by molar-refractivity contribution is 0.901. The number of thioether (sulfide) groups is 1. The second kappa shape index (κ2) is 5.21. The first-order valence-corrected chi connectivity index (χ1v) is 5.31. The van der Waals surface area contributed by atoms with Crippen LogP contribution in [0.5, 0.6) is 0 Å². The summed E-state index contributed by atoms with van der Waals surface area (Å²) in [5.74, 6) is 1.05. The smallest absolute Gasteiger partial charge is 0.0554 e. The Morgan fingerprint density at radius 1 is 1.23 bits per heavy atom. The van der Waals surface area contributed by atoms with Crippen LogP contribution in [0.1, 0.15) is 18.3 Å². The van der Waals surface area contributed by atoms with E-state index < -0.39 is 0 Å². The van der Waals surface area contributed by atoms with Crippen molar-refractivity contribution >= 4 is 11.8 Å². The number of pyridine rings is 1. The molecule has 0 aliphatic carbocycles. The fraction of sp³-hybridized carbons (Fsp3) is 0.444. The molecule has 72 valence electrons. The summed E-state index contributed by atoms with van der Waals surface area (Å²) in [5.41, 5.74) is 12.9. The Balaban J connectivity index is 2.93. The number of hydrogen-bond acceptors (Lipinski definition) is 4. The summed E-state index contributed by atoms with van der Waals surface area (Å²) in [4.78, 5) is 5.50. The third kappa shape index (κ3) is 2.99. The van der Waals surface area contributed by atoms with Crippen LogP contribution in [-0.2, 0) is 13.1 Å².